The van der Waals surface area contributed by atoms with Gasteiger partial charge in [0.05, 0.1) is 30.6 Å². The van der Waals surface area contributed by atoms with Gasteiger partial charge in [-0.1, -0.05) is 47.5 Å². The molecule has 5 aromatic rings. The Balaban J connectivity index is 1.52. The molecule has 0 bridgehead atoms. The Kier molecular flexibility index (Phi) is 8.22. The van der Waals surface area contributed by atoms with Crippen molar-refractivity contribution in [3.05, 3.63) is 110 Å². The van der Waals surface area contributed by atoms with Crippen molar-refractivity contribution in [1.29, 1.82) is 0 Å². The minimum absolute atomic E-state index is 0.0336. The van der Waals surface area contributed by atoms with Crippen LogP contribution in [-0.4, -0.2) is 56.3 Å². The molecule has 1 N–H and O–H groups in total. The van der Waals surface area contributed by atoms with Gasteiger partial charge in [0, 0.05) is 37.6 Å². The van der Waals surface area contributed by atoms with Crippen LogP contribution < -0.4 is 20.1 Å². The number of pyridine rings is 1. The van der Waals surface area contributed by atoms with Crippen LogP contribution in [0.1, 0.15) is 53.2 Å². The van der Waals surface area contributed by atoms with Crippen LogP contribution in [0.15, 0.2) is 71.8 Å². The number of aromatic nitrogens is 5. The molecule has 236 valence electrons. The number of nitrogens with zero attached hydrogens (tertiary/aromatic N) is 7. The molecule has 0 spiro atoms. The van der Waals surface area contributed by atoms with Crippen LogP contribution in [-0.2, 0) is 6.54 Å². The first-order valence-electron chi connectivity index (χ1n) is 14.5. The van der Waals surface area contributed by atoms with Crippen molar-refractivity contribution in [3.8, 4) is 23.0 Å². The van der Waals surface area contributed by atoms with Crippen molar-refractivity contribution >= 4 is 40.7 Å². The molecule has 2 aromatic carbocycles. The number of imidazole rings is 1. The lowest BCUT2D eigenvalue weighted by molar-refractivity contribution is 0.0989. The molecule has 1 amide bonds. The summed E-state index contributed by atoms with van der Waals surface area (Å²) < 4.78 is 8.65. The zero-order valence-electron chi connectivity index (χ0n) is 25.8. The fraction of sp³-hybridized carbons (Fsp3) is 0.242. The summed E-state index contributed by atoms with van der Waals surface area (Å²) in [6.07, 6.45) is 3.13. The Morgan fingerprint density at radius 1 is 1.02 bits per heavy atom. The highest BCUT2D eigenvalue weighted by Gasteiger charge is 2.45. The van der Waals surface area contributed by atoms with E-state index in [1.165, 1.54) is 16.8 Å². The molecule has 1 atom stereocenters. The molecule has 4 heterocycles. The van der Waals surface area contributed by atoms with Gasteiger partial charge >= 0.3 is 0 Å². The lowest BCUT2D eigenvalue weighted by atomic mass is 10.0. The molecule has 0 aliphatic carbocycles. The van der Waals surface area contributed by atoms with Gasteiger partial charge < -0.3 is 23.9 Å². The quantitative estimate of drug-likeness (QED) is 0.217. The molecule has 0 radical (unpaired) electrons. The summed E-state index contributed by atoms with van der Waals surface area (Å²) in [7, 11) is 5.13. The number of rotatable bonds is 8. The minimum atomic E-state index is -0.671. The zero-order valence-corrected chi connectivity index (χ0v) is 27.3. The molecular weight excluding hydrogens is 629 g/mol. The van der Waals surface area contributed by atoms with Crippen molar-refractivity contribution in [2.24, 2.45) is 0 Å². The van der Waals surface area contributed by atoms with Gasteiger partial charge in [-0.05, 0) is 55.3 Å². The lowest BCUT2D eigenvalue weighted by Crippen LogP contribution is -2.32. The number of carbonyl (C=O) groups is 1. The number of benzene rings is 2. The summed E-state index contributed by atoms with van der Waals surface area (Å²) in [5.74, 6) is 0.734. The smallest absolute Gasteiger partial charge is 0.279 e. The van der Waals surface area contributed by atoms with Crippen LogP contribution in [0.4, 0.5) is 11.6 Å². The Labute approximate surface area is 275 Å². The third kappa shape index (κ3) is 5.45. The number of ether oxygens (including phenoxy) is 1. The first-order chi connectivity index (χ1) is 22.0. The SMILES string of the molecule is COc1ccc(Cn2cc(N3C(=O)c4nc(-c5cnc(N(C)C)nc5O)n(C(C)C)c4C3c3ccc(Cl)cc3)cc(Cl)c2=O)cc1. The fourth-order valence-electron chi connectivity index (χ4n) is 5.65. The topological polar surface area (TPSA) is 119 Å². The maximum Gasteiger partial charge on any atom is 0.279 e. The zero-order chi connectivity index (χ0) is 32.9. The second-order valence-corrected chi connectivity index (χ2v) is 12.2. The number of amides is 1. The predicted octanol–water partition coefficient (Wildman–Crippen LogP) is 5.97. The van der Waals surface area contributed by atoms with Crippen molar-refractivity contribution in [3.63, 3.8) is 0 Å². The molecule has 11 nitrogen and oxygen atoms in total. The van der Waals surface area contributed by atoms with E-state index in [-0.39, 0.29) is 29.2 Å². The van der Waals surface area contributed by atoms with E-state index in [0.717, 1.165) is 11.1 Å². The first kappa shape index (κ1) is 31.1. The van der Waals surface area contributed by atoms with Gasteiger partial charge in [-0.2, -0.15) is 4.98 Å². The highest BCUT2D eigenvalue weighted by atomic mass is 35.5. The van der Waals surface area contributed by atoms with E-state index < -0.39 is 17.5 Å². The van der Waals surface area contributed by atoms with Crippen molar-refractivity contribution in [2.45, 2.75) is 32.5 Å². The summed E-state index contributed by atoms with van der Waals surface area (Å²) in [5.41, 5.74) is 2.73. The average Bonchev–Trinajstić information content (AvgIpc) is 3.55. The number of methoxy groups -OCH3 is 1. The Morgan fingerprint density at radius 2 is 1.72 bits per heavy atom. The summed E-state index contributed by atoms with van der Waals surface area (Å²) in [4.78, 5) is 44.2. The van der Waals surface area contributed by atoms with E-state index in [4.69, 9.17) is 32.9 Å². The van der Waals surface area contributed by atoms with Crippen LogP contribution in [0, 0.1) is 0 Å². The largest absolute Gasteiger partial charge is 0.497 e. The van der Waals surface area contributed by atoms with Gasteiger partial charge in [-0.15, -0.1) is 0 Å². The first-order valence-corrected chi connectivity index (χ1v) is 15.2. The summed E-state index contributed by atoms with van der Waals surface area (Å²) in [6.45, 7) is 4.16. The summed E-state index contributed by atoms with van der Waals surface area (Å²) in [6, 6.07) is 15.2. The van der Waals surface area contributed by atoms with Crippen LogP contribution in [0.2, 0.25) is 10.0 Å². The Hall–Kier alpha value is -4.87. The third-order valence-corrected chi connectivity index (χ3v) is 8.33. The van der Waals surface area contributed by atoms with E-state index in [2.05, 4.69) is 9.97 Å². The number of aromatic hydroxyl groups is 1. The number of hydrogen-bond donors (Lipinski definition) is 1. The molecule has 13 heteroatoms. The van der Waals surface area contributed by atoms with Crippen LogP contribution in [0.25, 0.3) is 11.4 Å². The van der Waals surface area contributed by atoms with Crippen LogP contribution >= 0.6 is 23.2 Å². The number of anilines is 2. The van der Waals surface area contributed by atoms with Gasteiger partial charge in [-0.25, -0.2) is 9.97 Å². The highest BCUT2D eigenvalue weighted by Crippen LogP contribution is 2.45. The van der Waals surface area contributed by atoms with E-state index in [9.17, 15) is 14.7 Å². The van der Waals surface area contributed by atoms with Crippen molar-refractivity contribution < 1.29 is 14.6 Å². The fourth-order valence-corrected chi connectivity index (χ4v) is 5.99. The third-order valence-electron chi connectivity index (χ3n) is 7.80. The Bertz CT molecular complexity index is 2000. The molecule has 1 aliphatic heterocycles. The molecular formula is C33H31Cl2N7O4. The molecule has 1 unspecified atom stereocenters. The monoisotopic (exact) mass is 659 g/mol. The summed E-state index contributed by atoms with van der Waals surface area (Å²) >= 11 is 12.8. The average molecular weight is 661 g/mol. The maximum absolute atomic E-state index is 14.4. The van der Waals surface area contributed by atoms with E-state index in [0.29, 0.717) is 39.5 Å². The van der Waals surface area contributed by atoms with E-state index in [1.807, 2.05) is 54.8 Å². The molecule has 0 saturated heterocycles. The van der Waals surface area contributed by atoms with E-state index in [1.54, 1.807) is 49.3 Å². The van der Waals surface area contributed by atoms with Gasteiger partial charge in [0.25, 0.3) is 11.5 Å². The highest BCUT2D eigenvalue weighted by molar-refractivity contribution is 6.31. The predicted molar refractivity (Wildman–Crippen MR) is 178 cm³/mol. The molecule has 1 aliphatic rings. The van der Waals surface area contributed by atoms with Crippen molar-refractivity contribution in [1.82, 2.24) is 24.1 Å². The molecule has 46 heavy (non-hydrogen) atoms. The van der Waals surface area contributed by atoms with Gasteiger partial charge in [0.1, 0.15) is 22.6 Å². The Morgan fingerprint density at radius 3 is 2.33 bits per heavy atom. The van der Waals surface area contributed by atoms with Crippen LogP contribution in [0.3, 0.4) is 0 Å². The number of hydrogen-bond acceptors (Lipinski definition) is 8. The number of carbonyl (C=O) groups excluding carboxylic acids is 1. The second-order valence-electron chi connectivity index (χ2n) is 11.4. The van der Waals surface area contributed by atoms with Crippen LogP contribution in [0.5, 0.6) is 11.6 Å². The van der Waals surface area contributed by atoms with Crippen molar-refractivity contribution in [2.75, 3.05) is 31.0 Å². The van der Waals surface area contributed by atoms with Gasteiger partial charge in [0.15, 0.2) is 5.69 Å². The summed E-state index contributed by atoms with van der Waals surface area (Å²) in [5, 5.41) is 11.4. The van der Waals surface area contributed by atoms with Gasteiger partial charge in [-0.3, -0.25) is 14.5 Å². The number of halogens is 2. The maximum atomic E-state index is 14.4. The standard InChI is InChI=1S/C33H31Cl2N7O4/c1-18(2)41-28-26(37-29(41)24-15-36-33(39(3)4)38-30(24)43)32(45)42(27(28)20-8-10-21(34)11-9-20)22-14-25(35)31(44)40(17-22)16-19-6-12-23(46-5)13-7-19/h6-15,17-18,27H,16H2,1-5H3,(H,36,38,43). The second kappa shape index (κ2) is 12.1. The van der Waals surface area contributed by atoms with Gasteiger partial charge in [0.2, 0.25) is 11.8 Å². The normalized spacial score (nSPS) is 14.2. The lowest BCUT2D eigenvalue weighted by Gasteiger charge is -2.29. The molecule has 0 fully saturated rings. The van der Waals surface area contributed by atoms with E-state index >= 15 is 0 Å². The molecule has 3 aromatic heterocycles. The molecule has 6 rings (SSSR count). The minimum Gasteiger partial charge on any atom is -0.497 e. The molecule has 0 saturated carbocycles. The number of fused-ring (bicyclic) bond motifs is 1.